The van der Waals surface area contributed by atoms with Crippen LogP contribution < -0.4 is 0 Å². The van der Waals surface area contributed by atoms with Gasteiger partial charge in [0.25, 0.3) is 0 Å². The second-order valence-electron chi connectivity index (χ2n) is 14.4. The third-order valence-corrected chi connectivity index (χ3v) is 9.32. The lowest BCUT2D eigenvalue weighted by Gasteiger charge is -2.13. The molecule has 0 heterocycles. The van der Waals surface area contributed by atoms with Gasteiger partial charge in [0.2, 0.25) is 0 Å². The highest BCUT2D eigenvalue weighted by Crippen LogP contribution is 2.14. The summed E-state index contributed by atoms with van der Waals surface area (Å²) < 4.78 is 66.1. The van der Waals surface area contributed by atoms with E-state index < -0.39 is 0 Å². The Morgan fingerprint density at radius 2 is 0.534 bits per heavy atom. The van der Waals surface area contributed by atoms with Gasteiger partial charge < -0.3 is 56.8 Å². The summed E-state index contributed by atoms with van der Waals surface area (Å²) in [5.41, 5.74) is 0. The van der Waals surface area contributed by atoms with E-state index in [-0.39, 0.29) is 18.5 Å². The quantitative estimate of drug-likeness (QED) is 0.0434. The summed E-state index contributed by atoms with van der Waals surface area (Å²) in [6, 6.07) is 0. The molecule has 0 aliphatic carbocycles. The number of carbonyl (C=O) groups excluding carboxylic acids is 1. The summed E-state index contributed by atoms with van der Waals surface area (Å²) in [5.74, 6) is -0.121. The van der Waals surface area contributed by atoms with Crippen molar-refractivity contribution in [3.05, 3.63) is 0 Å². The average molecular weight is 839 g/mol. The molecule has 1 atom stereocenters. The lowest BCUT2D eigenvalue weighted by atomic mass is 10.00. The van der Waals surface area contributed by atoms with Gasteiger partial charge in [0.05, 0.1) is 145 Å². The molecule has 0 aromatic heterocycles. The Balaban J connectivity index is 3.12. The van der Waals surface area contributed by atoms with Crippen molar-refractivity contribution in [2.45, 2.75) is 130 Å². The van der Waals surface area contributed by atoms with Gasteiger partial charge in [0, 0.05) is 6.61 Å². The molecular weight excluding hydrogens is 748 g/mol. The van der Waals surface area contributed by atoms with Gasteiger partial charge >= 0.3 is 5.97 Å². The Kier molecular flexibility index (Phi) is 51.3. The van der Waals surface area contributed by atoms with Crippen LogP contribution in [0, 0.1) is 5.92 Å². The largest absolute Gasteiger partial charge is 0.463 e. The molecule has 1 unspecified atom stereocenters. The van der Waals surface area contributed by atoms with Gasteiger partial charge in [-0.3, -0.25) is 4.79 Å². The third kappa shape index (κ3) is 47.7. The van der Waals surface area contributed by atoms with E-state index in [1.54, 1.807) is 0 Å². The fraction of sp³-hybridized carbons (Fsp3) is 0.978. The molecule has 0 aromatic rings. The lowest BCUT2D eigenvalue weighted by Crippen LogP contribution is -2.20. The molecule has 13 nitrogen and oxygen atoms in total. The van der Waals surface area contributed by atoms with E-state index >= 15 is 0 Å². The van der Waals surface area contributed by atoms with E-state index in [2.05, 4.69) is 13.8 Å². The van der Waals surface area contributed by atoms with Crippen molar-refractivity contribution in [1.29, 1.82) is 0 Å². The minimum absolute atomic E-state index is 0.00319. The molecule has 0 aromatic carbocycles. The Morgan fingerprint density at radius 1 is 0.293 bits per heavy atom. The van der Waals surface area contributed by atoms with Crippen LogP contribution in [0.1, 0.15) is 130 Å². The zero-order chi connectivity index (χ0) is 41.9. The van der Waals surface area contributed by atoms with Gasteiger partial charge in [-0.05, 0) is 19.3 Å². The number of esters is 1. The van der Waals surface area contributed by atoms with Crippen molar-refractivity contribution >= 4 is 5.97 Å². The minimum Gasteiger partial charge on any atom is -0.463 e. The zero-order valence-corrected chi connectivity index (χ0v) is 37.7. The topological polar surface area (TPSA) is 128 Å². The normalized spacial score (nSPS) is 12.1. The fourth-order valence-electron chi connectivity index (χ4n) is 5.78. The number of unbranched alkanes of at least 4 members (excludes halogenated alkanes) is 13. The van der Waals surface area contributed by atoms with Crippen LogP contribution in [0.25, 0.3) is 0 Å². The predicted octanol–water partition coefficient (Wildman–Crippen LogP) is 8.02. The van der Waals surface area contributed by atoms with Crippen LogP contribution in [-0.4, -0.2) is 158 Å². The molecule has 0 saturated heterocycles. The molecule has 0 amide bonds. The Hall–Kier alpha value is -0.970. The van der Waals surface area contributed by atoms with Crippen molar-refractivity contribution in [3.8, 4) is 0 Å². The van der Waals surface area contributed by atoms with Gasteiger partial charge in [0.1, 0.15) is 6.61 Å². The van der Waals surface area contributed by atoms with Crippen molar-refractivity contribution < 1.29 is 61.6 Å². The van der Waals surface area contributed by atoms with Crippen molar-refractivity contribution in [3.63, 3.8) is 0 Å². The van der Waals surface area contributed by atoms with Crippen LogP contribution in [0.3, 0.4) is 0 Å². The maximum absolute atomic E-state index is 12.0. The van der Waals surface area contributed by atoms with Gasteiger partial charge in [0.15, 0.2) is 0 Å². The first-order chi connectivity index (χ1) is 28.8. The average Bonchev–Trinajstić information content (AvgIpc) is 3.23. The van der Waals surface area contributed by atoms with Gasteiger partial charge in [-0.2, -0.15) is 0 Å². The van der Waals surface area contributed by atoms with E-state index in [1.807, 2.05) is 6.92 Å². The standard InChI is InChI=1S/C45H90O13/c1-4-7-9-10-11-12-13-14-15-16-17-18-19-21-47-22-23-48-24-25-49-26-27-50-28-29-51-30-31-52-32-33-53-34-35-54-36-37-55-38-39-56-40-41-57-42-43-58-45(46)44(6-3)20-8-5-2/h44H,4-43H2,1-3H3. The van der Waals surface area contributed by atoms with E-state index in [0.29, 0.717) is 139 Å². The summed E-state index contributed by atoms with van der Waals surface area (Å²) in [4.78, 5) is 12.0. The molecule has 0 spiro atoms. The van der Waals surface area contributed by atoms with Gasteiger partial charge in [-0.15, -0.1) is 0 Å². The number of hydrogen-bond donors (Lipinski definition) is 0. The number of rotatable bonds is 52. The van der Waals surface area contributed by atoms with E-state index in [4.69, 9.17) is 56.8 Å². The molecule has 58 heavy (non-hydrogen) atoms. The van der Waals surface area contributed by atoms with Crippen LogP contribution >= 0.6 is 0 Å². The monoisotopic (exact) mass is 839 g/mol. The first-order valence-electron chi connectivity index (χ1n) is 23.3. The van der Waals surface area contributed by atoms with Crippen LogP contribution in [0.4, 0.5) is 0 Å². The molecule has 0 aliphatic rings. The van der Waals surface area contributed by atoms with E-state index in [9.17, 15) is 4.79 Å². The molecule has 348 valence electrons. The molecule has 0 bridgehead atoms. The molecule has 0 radical (unpaired) electrons. The molecule has 0 aliphatic heterocycles. The van der Waals surface area contributed by atoms with E-state index in [0.717, 1.165) is 38.7 Å². The summed E-state index contributed by atoms with van der Waals surface area (Å²) in [6.45, 7) is 18.3. The molecule has 0 saturated carbocycles. The number of hydrogen-bond acceptors (Lipinski definition) is 13. The molecule has 0 N–H and O–H groups in total. The molecule has 13 heteroatoms. The minimum atomic E-state index is -0.118. The number of carbonyl (C=O) groups is 1. The summed E-state index contributed by atoms with van der Waals surface area (Å²) in [6.07, 6.45) is 21.6. The third-order valence-electron chi connectivity index (χ3n) is 9.32. The molecule has 0 fully saturated rings. The first-order valence-corrected chi connectivity index (χ1v) is 23.3. The maximum Gasteiger partial charge on any atom is 0.308 e. The van der Waals surface area contributed by atoms with Crippen molar-refractivity contribution in [2.75, 3.05) is 152 Å². The highest BCUT2D eigenvalue weighted by atomic mass is 16.6. The van der Waals surface area contributed by atoms with Gasteiger partial charge in [-0.1, -0.05) is 111 Å². The molecule has 0 rings (SSSR count). The van der Waals surface area contributed by atoms with Crippen LogP contribution in [0.5, 0.6) is 0 Å². The second-order valence-corrected chi connectivity index (χ2v) is 14.4. The first kappa shape index (κ1) is 57.0. The Bertz CT molecular complexity index is 764. The van der Waals surface area contributed by atoms with Crippen LogP contribution in [-0.2, 0) is 61.6 Å². The lowest BCUT2D eigenvalue weighted by molar-refractivity contribution is -0.150. The summed E-state index contributed by atoms with van der Waals surface area (Å²) in [7, 11) is 0. The maximum atomic E-state index is 12.0. The van der Waals surface area contributed by atoms with Crippen LogP contribution in [0.15, 0.2) is 0 Å². The summed E-state index contributed by atoms with van der Waals surface area (Å²) in [5, 5.41) is 0. The van der Waals surface area contributed by atoms with Crippen molar-refractivity contribution in [1.82, 2.24) is 0 Å². The molecular formula is C45H90O13. The Labute approximate surface area is 354 Å². The number of ether oxygens (including phenoxy) is 12. The van der Waals surface area contributed by atoms with Gasteiger partial charge in [-0.25, -0.2) is 0 Å². The van der Waals surface area contributed by atoms with E-state index in [1.165, 1.54) is 77.0 Å². The highest BCUT2D eigenvalue weighted by Gasteiger charge is 2.17. The second kappa shape index (κ2) is 52.2. The fourth-order valence-corrected chi connectivity index (χ4v) is 5.78. The summed E-state index contributed by atoms with van der Waals surface area (Å²) >= 11 is 0. The predicted molar refractivity (Wildman–Crippen MR) is 229 cm³/mol. The van der Waals surface area contributed by atoms with Crippen LogP contribution in [0.2, 0.25) is 0 Å². The zero-order valence-electron chi connectivity index (χ0n) is 37.7. The SMILES string of the molecule is CCCCCCCCCCCCCCCOCCOCCOCCOCCOCCOCCOCCOCCOCCOCCOCCOC(=O)C(CC)CCCC. The smallest absolute Gasteiger partial charge is 0.308 e. The highest BCUT2D eigenvalue weighted by molar-refractivity contribution is 5.72. The van der Waals surface area contributed by atoms with Crippen molar-refractivity contribution in [2.24, 2.45) is 5.92 Å². The Morgan fingerprint density at radius 3 is 0.810 bits per heavy atom.